The maximum atomic E-state index is 10.8. The Kier molecular flexibility index (Phi) is 6.28. The van der Waals surface area contributed by atoms with E-state index in [0.29, 0.717) is 6.42 Å². The molecule has 1 rings (SSSR count). The summed E-state index contributed by atoms with van der Waals surface area (Å²) in [6.45, 7) is 1.51. The summed E-state index contributed by atoms with van der Waals surface area (Å²) in [4.78, 5) is 0. The molecule has 0 aromatic carbocycles. The van der Waals surface area contributed by atoms with E-state index in [0.717, 1.165) is 0 Å². The quantitative estimate of drug-likeness (QED) is 0.334. The zero-order valence-corrected chi connectivity index (χ0v) is 11.7. The Labute approximate surface area is 116 Å². The Morgan fingerprint density at radius 2 is 1.80 bits per heavy atom. The normalized spacial score (nSPS) is 36.8. The van der Waals surface area contributed by atoms with Crippen LogP contribution in [0.2, 0.25) is 0 Å². The SMILES string of the molecule is CCC(O)CO[C@@H]1OC(CS(=O)(=O)O)[C@H](O)[C@H](O)C1O. The molecule has 1 fully saturated rings. The van der Waals surface area contributed by atoms with Crippen molar-refractivity contribution in [2.24, 2.45) is 0 Å². The molecule has 0 radical (unpaired) electrons. The molecular formula is C10H20O9S. The van der Waals surface area contributed by atoms with Gasteiger partial charge in [0.15, 0.2) is 6.29 Å². The molecule has 5 N–H and O–H groups in total. The van der Waals surface area contributed by atoms with Gasteiger partial charge in [0.25, 0.3) is 10.1 Å². The molecule has 0 bridgehead atoms. The fourth-order valence-corrected chi connectivity index (χ4v) is 2.41. The standard InChI is InChI=1S/C10H20O9S/c1-2-5(11)3-18-10-9(14)8(13)7(12)6(19-10)4-20(15,16)17/h5-14H,2-4H2,1H3,(H,15,16,17)/t5?,6?,7-,8-,9?,10+/m0/s1. The molecule has 1 aliphatic heterocycles. The average Bonchev–Trinajstić information content (AvgIpc) is 2.36. The smallest absolute Gasteiger partial charge is 0.267 e. The highest BCUT2D eigenvalue weighted by atomic mass is 32.2. The van der Waals surface area contributed by atoms with Crippen LogP contribution in [0.5, 0.6) is 0 Å². The van der Waals surface area contributed by atoms with Crippen LogP contribution in [0.25, 0.3) is 0 Å². The van der Waals surface area contributed by atoms with Crippen LogP contribution in [-0.4, -0.2) is 82.6 Å². The van der Waals surface area contributed by atoms with Crippen LogP contribution in [-0.2, 0) is 19.6 Å². The van der Waals surface area contributed by atoms with Crippen molar-refractivity contribution in [3.8, 4) is 0 Å². The van der Waals surface area contributed by atoms with Gasteiger partial charge < -0.3 is 29.9 Å². The zero-order chi connectivity index (χ0) is 15.5. The molecular weight excluding hydrogens is 296 g/mol. The topological polar surface area (TPSA) is 154 Å². The summed E-state index contributed by atoms with van der Waals surface area (Å²) in [6, 6.07) is 0. The molecule has 0 saturated carbocycles. The number of hydrogen-bond acceptors (Lipinski definition) is 8. The van der Waals surface area contributed by atoms with E-state index in [-0.39, 0.29) is 6.61 Å². The molecule has 1 aliphatic rings. The van der Waals surface area contributed by atoms with Gasteiger partial charge in [-0.2, -0.15) is 8.42 Å². The van der Waals surface area contributed by atoms with Crippen molar-refractivity contribution in [2.75, 3.05) is 12.4 Å². The Hall–Kier alpha value is -0.330. The molecule has 3 unspecified atom stereocenters. The van der Waals surface area contributed by atoms with E-state index in [4.69, 9.17) is 14.0 Å². The Balaban J connectivity index is 2.70. The van der Waals surface area contributed by atoms with Gasteiger partial charge in [0.1, 0.15) is 30.2 Å². The molecule has 0 spiro atoms. The molecule has 10 heteroatoms. The first-order valence-electron chi connectivity index (χ1n) is 6.10. The van der Waals surface area contributed by atoms with Crippen molar-refractivity contribution in [2.45, 2.75) is 50.2 Å². The lowest BCUT2D eigenvalue weighted by molar-refractivity contribution is -0.296. The van der Waals surface area contributed by atoms with Gasteiger partial charge in [-0.15, -0.1) is 0 Å². The van der Waals surface area contributed by atoms with Crippen LogP contribution < -0.4 is 0 Å². The van der Waals surface area contributed by atoms with Gasteiger partial charge in [-0.1, -0.05) is 6.92 Å². The van der Waals surface area contributed by atoms with E-state index in [9.17, 15) is 28.8 Å². The summed E-state index contributed by atoms with van der Waals surface area (Å²) >= 11 is 0. The first kappa shape index (κ1) is 17.7. The minimum Gasteiger partial charge on any atom is -0.391 e. The number of aliphatic hydroxyl groups is 4. The summed E-state index contributed by atoms with van der Waals surface area (Å²) in [7, 11) is -4.44. The summed E-state index contributed by atoms with van der Waals surface area (Å²) in [5.41, 5.74) is 0. The lowest BCUT2D eigenvalue weighted by Crippen LogP contribution is -2.60. The van der Waals surface area contributed by atoms with Gasteiger partial charge in [-0.25, -0.2) is 0 Å². The fourth-order valence-electron chi connectivity index (χ4n) is 1.72. The van der Waals surface area contributed by atoms with Gasteiger partial charge in [-0.05, 0) is 6.42 Å². The van der Waals surface area contributed by atoms with Crippen LogP contribution in [0.4, 0.5) is 0 Å². The molecule has 0 aliphatic carbocycles. The second-order valence-corrected chi connectivity index (χ2v) is 6.16. The number of aliphatic hydroxyl groups excluding tert-OH is 4. The van der Waals surface area contributed by atoms with Gasteiger partial charge in [-0.3, -0.25) is 4.55 Å². The maximum absolute atomic E-state index is 10.8. The average molecular weight is 316 g/mol. The van der Waals surface area contributed by atoms with Crippen molar-refractivity contribution in [1.29, 1.82) is 0 Å². The molecule has 0 aromatic rings. The van der Waals surface area contributed by atoms with E-state index in [1.54, 1.807) is 6.92 Å². The van der Waals surface area contributed by atoms with Crippen LogP contribution >= 0.6 is 0 Å². The zero-order valence-electron chi connectivity index (χ0n) is 10.9. The Morgan fingerprint density at radius 1 is 1.20 bits per heavy atom. The molecule has 6 atom stereocenters. The van der Waals surface area contributed by atoms with E-state index < -0.39 is 52.7 Å². The lowest BCUT2D eigenvalue weighted by Gasteiger charge is -2.40. The van der Waals surface area contributed by atoms with Crippen molar-refractivity contribution < 1.29 is 42.9 Å². The molecule has 20 heavy (non-hydrogen) atoms. The van der Waals surface area contributed by atoms with E-state index in [1.165, 1.54) is 0 Å². The maximum Gasteiger partial charge on any atom is 0.267 e. The minimum absolute atomic E-state index is 0.195. The second-order valence-electron chi connectivity index (χ2n) is 4.66. The first-order chi connectivity index (χ1) is 9.15. The van der Waals surface area contributed by atoms with Crippen molar-refractivity contribution >= 4 is 10.1 Å². The third-order valence-electron chi connectivity index (χ3n) is 2.97. The fraction of sp³-hybridized carbons (Fsp3) is 1.00. The highest BCUT2D eigenvalue weighted by molar-refractivity contribution is 7.85. The Bertz CT molecular complexity index is 398. The molecule has 1 saturated heterocycles. The van der Waals surface area contributed by atoms with Gasteiger partial charge in [0, 0.05) is 0 Å². The predicted octanol–water partition coefficient (Wildman–Crippen LogP) is -2.53. The third kappa shape index (κ3) is 4.90. The van der Waals surface area contributed by atoms with Gasteiger partial charge >= 0.3 is 0 Å². The summed E-state index contributed by atoms with van der Waals surface area (Å²) < 4.78 is 40.4. The highest BCUT2D eigenvalue weighted by Crippen LogP contribution is 2.23. The third-order valence-corrected chi connectivity index (χ3v) is 3.72. The van der Waals surface area contributed by atoms with Crippen LogP contribution in [0.15, 0.2) is 0 Å². The van der Waals surface area contributed by atoms with Crippen molar-refractivity contribution in [1.82, 2.24) is 0 Å². The minimum atomic E-state index is -4.44. The molecule has 0 amide bonds. The van der Waals surface area contributed by atoms with Crippen molar-refractivity contribution in [3.63, 3.8) is 0 Å². The summed E-state index contributed by atoms with van der Waals surface area (Å²) in [5.74, 6) is -0.950. The van der Waals surface area contributed by atoms with Gasteiger partial charge in [0.2, 0.25) is 0 Å². The number of hydrogen-bond donors (Lipinski definition) is 5. The number of ether oxygens (including phenoxy) is 2. The largest absolute Gasteiger partial charge is 0.391 e. The summed E-state index contributed by atoms with van der Waals surface area (Å²) in [6.07, 6.45) is -8.28. The monoisotopic (exact) mass is 316 g/mol. The van der Waals surface area contributed by atoms with Crippen LogP contribution in [0.1, 0.15) is 13.3 Å². The molecule has 9 nitrogen and oxygen atoms in total. The Morgan fingerprint density at radius 3 is 2.30 bits per heavy atom. The summed E-state index contributed by atoms with van der Waals surface area (Å²) in [5, 5.41) is 38.2. The number of rotatable bonds is 6. The van der Waals surface area contributed by atoms with Crippen LogP contribution in [0, 0.1) is 0 Å². The second kappa shape index (κ2) is 7.09. The first-order valence-corrected chi connectivity index (χ1v) is 7.71. The van der Waals surface area contributed by atoms with Gasteiger partial charge in [0.05, 0.1) is 12.7 Å². The van der Waals surface area contributed by atoms with E-state index in [2.05, 4.69) is 0 Å². The lowest BCUT2D eigenvalue weighted by atomic mass is 10.00. The van der Waals surface area contributed by atoms with Crippen molar-refractivity contribution in [3.05, 3.63) is 0 Å². The van der Waals surface area contributed by atoms with E-state index >= 15 is 0 Å². The molecule has 1 heterocycles. The highest BCUT2D eigenvalue weighted by Gasteiger charge is 2.45. The molecule has 120 valence electrons. The van der Waals surface area contributed by atoms with E-state index in [1.807, 2.05) is 0 Å². The predicted molar refractivity (Wildman–Crippen MR) is 65.3 cm³/mol. The van der Waals surface area contributed by atoms with Crippen LogP contribution in [0.3, 0.4) is 0 Å². The molecule has 0 aromatic heterocycles.